The van der Waals surface area contributed by atoms with Crippen LogP contribution in [0.4, 0.5) is 4.39 Å². The molecule has 0 radical (unpaired) electrons. The summed E-state index contributed by atoms with van der Waals surface area (Å²) < 4.78 is 36.4. The molecule has 4 rings (SSSR count). The van der Waals surface area contributed by atoms with Crippen LogP contribution < -0.4 is 5.14 Å². The molecule has 0 saturated carbocycles. The Morgan fingerprint density at radius 3 is 2.17 bits per heavy atom. The van der Waals surface area contributed by atoms with Gasteiger partial charge in [-0.1, -0.05) is 23.7 Å². The van der Waals surface area contributed by atoms with Gasteiger partial charge in [0.1, 0.15) is 10.7 Å². The molecule has 2 aliphatic rings. The van der Waals surface area contributed by atoms with Gasteiger partial charge in [0.25, 0.3) is 11.8 Å². The Morgan fingerprint density at radius 1 is 1.03 bits per heavy atom. The predicted molar refractivity (Wildman–Crippen MR) is 108 cm³/mol. The molecule has 0 aromatic heterocycles. The van der Waals surface area contributed by atoms with E-state index in [4.69, 9.17) is 16.7 Å². The smallest absolute Gasteiger partial charge is 0.261 e. The van der Waals surface area contributed by atoms with Gasteiger partial charge in [-0.25, -0.2) is 17.9 Å². The molecule has 0 bridgehead atoms. The summed E-state index contributed by atoms with van der Waals surface area (Å²) in [4.78, 5) is 28.7. The van der Waals surface area contributed by atoms with E-state index in [1.807, 2.05) is 0 Å². The fourth-order valence-corrected chi connectivity index (χ4v) is 5.09. The average molecular weight is 452 g/mol. The van der Waals surface area contributed by atoms with E-state index in [1.54, 1.807) is 12.1 Å². The maximum atomic E-state index is 13.1. The number of fused-ring (bicyclic) bond motifs is 1. The molecule has 2 aliphatic heterocycles. The standard InChI is InChI=1S/C20H19ClFN3O4S/c21-17-9-15-16(10-18(17)30(23,28)29)20(27)25(19(15)26)14-5-7-24(8-6-14)11-12-1-3-13(22)4-2-12/h1-4,9-10,14H,5-8,11H2,(H2,23,28,29). The van der Waals surface area contributed by atoms with Gasteiger partial charge in [0.05, 0.1) is 16.1 Å². The summed E-state index contributed by atoms with van der Waals surface area (Å²) in [5.41, 5.74) is 1.08. The Morgan fingerprint density at radius 2 is 1.60 bits per heavy atom. The third-order valence-corrected chi connectivity index (χ3v) is 6.89. The highest BCUT2D eigenvalue weighted by atomic mass is 35.5. The average Bonchev–Trinajstić information content (AvgIpc) is 2.93. The number of rotatable bonds is 4. The number of primary sulfonamides is 1. The molecule has 0 atom stereocenters. The Labute approximate surface area is 178 Å². The molecule has 30 heavy (non-hydrogen) atoms. The number of nitrogens with zero attached hydrogens (tertiary/aromatic N) is 2. The molecule has 7 nitrogen and oxygen atoms in total. The lowest BCUT2D eigenvalue weighted by molar-refractivity contribution is 0.0498. The number of carbonyl (C=O) groups is 2. The van der Waals surface area contributed by atoms with Crippen LogP contribution in [0.5, 0.6) is 0 Å². The second-order valence-corrected chi connectivity index (χ2v) is 9.42. The van der Waals surface area contributed by atoms with E-state index in [2.05, 4.69) is 4.90 Å². The second-order valence-electron chi connectivity index (χ2n) is 7.49. The lowest BCUT2D eigenvalue weighted by Crippen LogP contribution is -2.47. The zero-order valence-corrected chi connectivity index (χ0v) is 17.4. The molecule has 0 spiro atoms. The van der Waals surface area contributed by atoms with Crippen molar-refractivity contribution >= 4 is 33.4 Å². The number of nitrogens with two attached hydrogens (primary N) is 1. The number of hydrogen-bond acceptors (Lipinski definition) is 5. The number of amides is 2. The van der Waals surface area contributed by atoms with Crippen molar-refractivity contribution in [1.29, 1.82) is 0 Å². The van der Waals surface area contributed by atoms with E-state index < -0.39 is 21.8 Å². The fourth-order valence-electron chi connectivity index (χ4n) is 3.99. The van der Waals surface area contributed by atoms with Crippen molar-refractivity contribution in [3.05, 3.63) is 63.9 Å². The quantitative estimate of drug-likeness (QED) is 0.719. The molecular formula is C20H19ClFN3O4S. The first-order valence-electron chi connectivity index (χ1n) is 9.36. The number of carbonyl (C=O) groups excluding carboxylic acids is 2. The molecule has 2 amide bonds. The van der Waals surface area contributed by atoms with Crippen molar-refractivity contribution in [2.24, 2.45) is 5.14 Å². The van der Waals surface area contributed by atoms with Gasteiger partial charge in [-0.3, -0.25) is 19.4 Å². The predicted octanol–water partition coefficient (Wildman–Crippen LogP) is 2.39. The van der Waals surface area contributed by atoms with Gasteiger partial charge in [-0.2, -0.15) is 0 Å². The van der Waals surface area contributed by atoms with Gasteiger partial charge in [0.2, 0.25) is 10.0 Å². The van der Waals surface area contributed by atoms with Crippen molar-refractivity contribution in [1.82, 2.24) is 9.80 Å². The van der Waals surface area contributed by atoms with Gasteiger partial charge in [-0.05, 0) is 42.7 Å². The van der Waals surface area contributed by atoms with Crippen LogP contribution in [0, 0.1) is 5.82 Å². The maximum absolute atomic E-state index is 13.1. The number of imide groups is 1. The molecule has 2 aromatic carbocycles. The molecule has 10 heteroatoms. The number of likely N-dealkylation sites (tertiary alicyclic amines) is 1. The zero-order chi connectivity index (χ0) is 21.6. The van der Waals surface area contributed by atoms with Gasteiger partial charge < -0.3 is 0 Å². The summed E-state index contributed by atoms with van der Waals surface area (Å²) in [5, 5.41) is 4.96. The Balaban J connectivity index is 1.48. The van der Waals surface area contributed by atoms with Crippen LogP contribution in [-0.4, -0.2) is 49.2 Å². The van der Waals surface area contributed by atoms with E-state index in [-0.39, 0.29) is 32.9 Å². The minimum Gasteiger partial charge on any atom is -0.299 e. The number of halogens is 2. The Bertz CT molecular complexity index is 1130. The van der Waals surface area contributed by atoms with E-state index >= 15 is 0 Å². The number of hydrogen-bond donors (Lipinski definition) is 1. The monoisotopic (exact) mass is 451 g/mol. The van der Waals surface area contributed by atoms with Crippen LogP contribution >= 0.6 is 11.6 Å². The molecule has 0 aliphatic carbocycles. The minimum absolute atomic E-state index is 0.00201. The van der Waals surface area contributed by atoms with E-state index in [9.17, 15) is 22.4 Å². The zero-order valence-electron chi connectivity index (χ0n) is 15.8. The summed E-state index contributed by atoms with van der Waals surface area (Å²) >= 11 is 5.97. The molecule has 2 aromatic rings. The molecule has 2 heterocycles. The fraction of sp³-hybridized carbons (Fsp3) is 0.300. The molecule has 1 fully saturated rings. The number of benzene rings is 2. The van der Waals surface area contributed by atoms with Crippen LogP contribution in [0.15, 0.2) is 41.3 Å². The minimum atomic E-state index is -4.12. The second kappa shape index (κ2) is 7.73. The number of sulfonamides is 1. The van der Waals surface area contributed by atoms with E-state index in [0.29, 0.717) is 32.5 Å². The summed E-state index contributed by atoms with van der Waals surface area (Å²) in [5.74, 6) is -1.29. The molecule has 158 valence electrons. The van der Waals surface area contributed by atoms with Crippen molar-refractivity contribution in [3.63, 3.8) is 0 Å². The van der Waals surface area contributed by atoms with E-state index in [0.717, 1.165) is 11.6 Å². The largest absolute Gasteiger partial charge is 0.299 e. The highest BCUT2D eigenvalue weighted by molar-refractivity contribution is 7.89. The molecule has 2 N–H and O–H groups in total. The van der Waals surface area contributed by atoms with Crippen molar-refractivity contribution in [2.75, 3.05) is 13.1 Å². The maximum Gasteiger partial charge on any atom is 0.261 e. The van der Waals surface area contributed by atoms with E-state index in [1.165, 1.54) is 23.1 Å². The summed E-state index contributed by atoms with van der Waals surface area (Å²) in [6.45, 7) is 1.99. The highest BCUT2D eigenvalue weighted by Crippen LogP contribution is 2.33. The summed E-state index contributed by atoms with van der Waals surface area (Å²) in [7, 11) is -4.12. The van der Waals surface area contributed by atoms with Gasteiger partial charge >= 0.3 is 0 Å². The molecule has 1 saturated heterocycles. The van der Waals surface area contributed by atoms with Crippen LogP contribution in [0.2, 0.25) is 5.02 Å². The summed E-state index contributed by atoms with van der Waals surface area (Å²) in [6, 6.07) is 8.29. The molecular weight excluding hydrogens is 433 g/mol. The number of piperidine rings is 1. The van der Waals surface area contributed by atoms with Crippen LogP contribution in [0.25, 0.3) is 0 Å². The van der Waals surface area contributed by atoms with Gasteiger partial charge in [-0.15, -0.1) is 0 Å². The Hall–Kier alpha value is -2.33. The van der Waals surface area contributed by atoms with Crippen molar-refractivity contribution in [2.45, 2.75) is 30.3 Å². The topological polar surface area (TPSA) is 101 Å². The first-order valence-corrected chi connectivity index (χ1v) is 11.3. The first-order chi connectivity index (χ1) is 14.1. The lowest BCUT2D eigenvalue weighted by Gasteiger charge is -2.35. The first kappa shape index (κ1) is 20.9. The third kappa shape index (κ3) is 3.85. The van der Waals surface area contributed by atoms with Crippen LogP contribution in [-0.2, 0) is 16.6 Å². The highest BCUT2D eigenvalue weighted by Gasteiger charge is 2.42. The molecule has 0 unspecified atom stereocenters. The Kier molecular flexibility index (Phi) is 5.39. The van der Waals surface area contributed by atoms with Gasteiger partial charge in [0, 0.05) is 25.7 Å². The third-order valence-electron chi connectivity index (χ3n) is 5.52. The SMILES string of the molecule is NS(=O)(=O)c1cc2c(cc1Cl)C(=O)N(C1CCN(Cc3ccc(F)cc3)CC1)C2=O. The summed E-state index contributed by atoms with van der Waals surface area (Å²) in [6.07, 6.45) is 1.17. The van der Waals surface area contributed by atoms with Gasteiger partial charge in [0.15, 0.2) is 0 Å². The van der Waals surface area contributed by atoms with Crippen molar-refractivity contribution in [3.8, 4) is 0 Å². The lowest BCUT2D eigenvalue weighted by atomic mass is 10.0. The van der Waals surface area contributed by atoms with Crippen LogP contribution in [0.3, 0.4) is 0 Å². The van der Waals surface area contributed by atoms with Crippen LogP contribution in [0.1, 0.15) is 39.1 Å². The van der Waals surface area contributed by atoms with Crippen molar-refractivity contribution < 1.29 is 22.4 Å². The normalized spacial score (nSPS) is 18.2.